The molecule has 0 spiro atoms. The Morgan fingerprint density at radius 1 is 1.10 bits per heavy atom. The third-order valence-electron chi connectivity index (χ3n) is 7.38. The van der Waals surface area contributed by atoms with Gasteiger partial charge in [-0.15, -0.1) is 0 Å². The molecule has 4 fully saturated rings. The molecular weight excluding hydrogens is 390 g/mol. The highest BCUT2D eigenvalue weighted by Crippen LogP contribution is 2.42. The van der Waals surface area contributed by atoms with Crippen LogP contribution in [0, 0.1) is 17.8 Å². The summed E-state index contributed by atoms with van der Waals surface area (Å²) < 4.78 is 5.66. The number of nitrogens with zero attached hydrogens (tertiary/aromatic N) is 2. The van der Waals surface area contributed by atoms with E-state index in [1.165, 1.54) is 25.7 Å². The second kappa shape index (κ2) is 10.5. The molecule has 2 bridgehead atoms. The van der Waals surface area contributed by atoms with E-state index in [4.69, 9.17) is 9.57 Å². The quantitative estimate of drug-likeness (QED) is 0.506. The molecule has 1 aliphatic heterocycles. The van der Waals surface area contributed by atoms with Gasteiger partial charge in [0.2, 0.25) is 0 Å². The second-order valence-corrected chi connectivity index (χ2v) is 9.70. The van der Waals surface area contributed by atoms with Crippen LogP contribution < -0.4 is 10.1 Å². The van der Waals surface area contributed by atoms with E-state index >= 15 is 0 Å². The SMILES string of the molecule is C/C(=N/OC1CC2CCC1CC2)c1ccc(OCC(=O)NCC2CCN(C)CC2)cc1. The smallest absolute Gasteiger partial charge is 0.257 e. The molecule has 0 radical (unpaired) electrons. The average molecular weight is 428 g/mol. The second-order valence-electron chi connectivity index (χ2n) is 9.70. The highest BCUT2D eigenvalue weighted by atomic mass is 16.6. The molecule has 3 aliphatic carbocycles. The molecule has 1 heterocycles. The van der Waals surface area contributed by atoms with Crippen LogP contribution in [0.4, 0.5) is 0 Å². The van der Waals surface area contributed by atoms with Gasteiger partial charge in [0, 0.05) is 6.54 Å². The fraction of sp³-hybridized carbons (Fsp3) is 0.680. The molecule has 1 amide bonds. The van der Waals surface area contributed by atoms with Gasteiger partial charge < -0.3 is 19.8 Å². The number of hydrogen-bond donors (Lipinski definition) is 1. The van der Waals surface area contributed by atoms with Crippen molar-refractivity contribution in [2.45, 2.75) is 58.0 Å². The van der Waals surface area contributed by atoms with Gasteiger partial charge in [0.15, 0.2) is 6.61 Å². The van der Waals surface area contributed by atoms with Crippen molar-refractivity contribution >= 4 is 11.6 Å². The summed E-state index contributed by atoms with van der Waals surface area (Å²) in [6.45, 7) is 4.99. The van der Waals surface area contributed by atoms with Gasteiger partial charge in [-0.25, -0.2) is 0 Å². The Hall–Kier alpha value is -2.08. The Morgan fingerprint density at radius 3 is 2.45 bits per heavy atom. The number of oxime groups is 1. The number of carbonyl (C=O) groups is 1. The molecular formula is C25H37N3O3. The van der Waals surface area contributed by atoms with Crippen molar-refractivity contribution in [3.8, 4) is 5.75 Å². The standard InChI is InChI=1S/C25H37N3O3/c1-18(27-31-24-15-19-3-5-22(24)6-4-19)21-7-9-23(10-8-21)30-17-25(29)26-16-20-11-13-28(2)14-12-20/h7-10,19-20,22,24H,3-6,11-17H2,1-2H3,(H,26,29)/b27-18-. The van der Waals surface area contributed by atoms with Gasteiger partial charge in [-0.1, -0.05) is 5.16 Å². The normalized spacial score (nSPS) is 27.2. The van der Waals surface area contributed by atoms with E-state index in [-0.39, 0.29) is 18.6 Å². The van der Waals surface area contributed by atoms with Crippen LogP contribution in [0.5, 0.6) is 5.75 Å². The molecule has 4 aliphatic rings. The van der Waals surface area contributed by atoms with Crippen LogP contribution in [-0.2, 0) is 9.63 Å². The predicted molar refractivity (Wildman–Crippen MR) is 122 cm³/mol. The predicted octanol–water partition coefficient (Wildman–Crippen LogP) is 3.84. The maximum atomic E-state index is 12.1. The minimum Gasteiger partial charge on any atom is -0.484 e. The van der Waals surface area contributed by atoms with Crippen LogP contribution >= 0.6 is 0 Å². The van der Waals surface area contributed by atoms with Crippen molar-refractivity contribution in [3.05, 3.63) is 29.8 Å². The van der Waals surface area contributed by atoms with Gasteiger partial charge in [0.05, 0.1) is 5.71 Å². The van der Waals surface area contributed by atoms with Gasteiger partial charge in [0.1, 0.15) is 11.9 Å². The van der Waals surface area contributed by atoms with E-state index in [9.17, 15) is 4.79 Å². The summed E-state index contributed by atoms with van der Waals surface area (Å²) in [5.41, 5.74) is 1.89. The molecule has 1 unspecified atom stereocenters. The number of hydrogen-bond acceptors (Lipinski definition) is 5. The molecule has 1 saturated heterocycles. The molecule has 170 valence electrons. The van der Waals surface area contributed by atoms with E-state index in [1.54, 1.807) is 0 Å². The number of amides is 1. The third-order valence-corrected chi connectivity index (χ3v) is 7.38. The zero-order chi connectivity index (χ0) is 21.6. The Kier molecular flexibility index (Phi) is 7.49. The monoisotopic (exact) mass is 427 g/mol. The van der Waals surface area contributed by atoms with Gasteiger partial charge >= 0.3 is 0 Å². The van der Waals surface area contributed by atoms with Crippen molar-refractivity contribution < 1.29 is 14.4 Å². The highest BCUT2D eigenvalue weighted by Gasteiger charge is 2.37. The van der Waals surface area contributed by atoms with Crippen molar-refractivity contribution in [3.63, 3.8) is 0 Å². The van der Waals surface area contributed by atoms with Crippen LogP contribution in [0.1, 0.15) is 57.4 Å². The van der Waals surface area contributed by atoms with Gasteiger partial charge in [0.25, 0.3) is 5.91 Å². The molecule has 0 aromatic heterocycles. The van der Waals surface area contributed by atoms with Crippen LogP contribution in [0.3, 0.4) is 0 Å². The first-order chi connectivity index (χ1) is 15.1. The van der Waals surface area contributed by atoms with Crippen LogP contribution in [0.2, 0.25) is 0 Å². The zero-order valence-corrected chi connectivity index (χ0v) is 19.0. The van der Waals surface area contributed by atoms with Crippen LogP contribution in [0.15, 0.2) is 29.4 Å². The molecule has 3 saturated carbocycles. The van der Waals surface area contributed by atoms with Crippen LogP contribution in [0.25, 0.3) is 0 Å². The molecule has 1 N–H and O–H groups in total. The number of benzene rings is 1. The minimum absolute atomic E-state index is 0.0480. The Morgan fingerprint density at radius 2 is 1.81 bits per heavy atom. The first-order valence-electron chi connectivity index (χ1n) is 12.0. The van der Waals surface area contributed by atoms with E-state index in [1.807, 2.05) is 31.2 Å². The molecule has 1 atom stereocenters. The van der Waals surface area contributed by atoms with E-state index in [2.05, 4.69) is 22.4 Å². The summed E-state index contributed by atoms with van der Waals surface area (Å²) in [6, 6.07) is 7.73. The fourth-order valence-corrected chi connectivity index (χ4v) is 5.16. The number of ether oxygens (including phenoxy) is 1. The Balaban J connectivity index is 1.18. The van der Waals surface area contributed by atoms with Gasteiger partial charge in [-0.05, 0) is 120 Å². The maximum Gasteiger partial charge on any atom is 0.257 e. The third kappa shape index (κ3) is 6.22. The largest absolute Gasteiger partial charge is 0.484 e. The summed E-state index contributed by atoms with van der Waals surface area (Å²) in [6.07, 6.45) is 9.06. The average Bonchev–Trinajstić information content (AvgIpc) is 2.82. The summed E-state index contributed by atoms with van der Waals surface area (Å²) >= 11 is 0. The number of nitrogens with one attached hydrogen (secondary N) is 1. The Bertz CT molecular complexity index is 748. The Labute approximate surface area is 186 Å². The van der Waals surface area contributed by atoms with E-state index < -0.39 is 0 Å². The van der Waals surface area contributed by atoms with E-state index in [0.717, 1.165) is 56.1 Å². The molecule has 6 heteroatoms. The fourth-order valence-electron chi connectivity index (χ4n) is 5.16. The summed E-state index contributed by atoms with van der Waals surface area (Å²) in [7, 11) is 2.15. The lowest BCUT2D eigenvalue weighted by Gasteiger charge is -2.40. The summed E-state index contributed by atoms with van der Waals surface area (Å²) in [5.74, 6) is 2.73. The first-order valence-corrected chi connectivity index (χ1v) is 12.0. The first kappa shape index (κ1) is 22.1. The van der Waals surface area contributed by atoms with Crippen LogP contribution in [-0.4, -0.2) is 55.9 Å². The number of piperidine rings is 1. The number of carbonyl (C=O) groups excluding carboxylic acids is 1. The summed E-state index contributed by atoms with van der Waals surface area (Å²) in [5, 5.41) is 7.43. The number of rotatable bonds is 8. The summed E-state index contributed by atoms with van der Waals surface area (Å²) in [4.78, 5) is 20.4. The van der Waals surface area contributed by atoms with Gasteiger partial charge in [-0.3, -0.25) is 4.79 Å². The minimum atomic E-state index is -0.0593. The molecule has 5 rings (SSSR count). The molecule has 31 heavy (non-hydrogen) atoms. The van der Waals surface area contributed by atoms with Crippen molar-refractivity contribution in [1.82, 2.24) is 10.2 Å². The van der Waals surface area contributed by atoms with Gasteiger partial charge in [-0.2, -0.15) is 0 Å². The molecule has 6 nitrogen and oxygen atoms in total. The molecule has 1 aromatic rings. The van der Waals surface area contributed by atoms with Crippen molar-refractivity contribution in [2.75, 3.05) is 33.3 Å². The lowest BCUT2D eigenvalue weighted by atomic mass is 9.69. The topological polar surface area (TPSA) is 63.2 Å². The zero-order valence-electron chi connectivity index (χ0n) is 19.0. The molecule has 1 aromatic carbocycles. The highest BCUT2D eigenvalue weighted by molar-refractivity contribution is 5.98. The number of likely N-dealkylation sites (tertiary alicyclic amines) is 1. The van der Waals surface area contributed by atoms with E-state index in [0.29, 0.717) is 17.6 Å². The lowest BCUT2D eigenvalue weighted by molar-refractivity contribution is -0.123. The van der Waals surface area contributed by atoms with Crippen molar-refractivity contribution in [1.29, 1.82) is 0 Å². The maximum absolute atomic E-state index is 12.1. The lowest BCUT2D eigenvalue weighted by Crippen LogP contribution is -2.38. The number of fused-ring (bicyclic) bond motifs is 3. The van der Waals surface area contributed by atoms with Crippen molar-refractivity contribution in [2.24, 2.45) is 22.9 Å².